The average Bonchev–Trinajstić information content (AvgIpc) is 2.28. The van der Waals surface area contributed by atoms with Crippen LogP contribution in [-0.2, 0) is 6.18 Å². The average molecular weight is 249 g/mol. The Morgan fingerprint density at radius 2 is 1.41 bits per heavy atom. The highest BCUT2D eigenvalue weighted by Crippen LogP contribution is 2.30. The topological polar surface area (TPSA) is 43.7 Å². The van der Waals surface area contributed by atoms with Gasteiger partial charge in [-0.2, -0.15) is 13.2 Å². The van der Waals surface area contributed by atoms with Gasteiger partial charge in [0, 0.05) is 18.8 Å². The van der Waals surface area contributed by atoms with E-state index in [-0.39, 0.29) is 26.3 Å². The molecule has 0 fully saturated rings. The molecule has 1 aromatic rings. The Kier molecular flexibility index (Phi) is 4.77. The van der Waals surface area contributed by atoms with Crippen molar-refractivity contribution in [1.29, 1.82) is 0 Å². The van der Waals surface area contributed by atoms with E-state index >= 15 is 0 Å². The summed E-state index contributed by atoms with van der Waals surface area (Å²) in [5, 5.41) is 17.6. The number of aliphatic hydroxyl groups is 2. The third kappa shape index (κ3) is 3.90. The van der Waals surface area contributed by atoms with E-state index in [0.29, 0.717) is 5.69 Å². The number of hydrogen-bond acceptors (Lipinski definition) is 3. The molecule has 1 aromatic carbocycles. The van der Waals surface area contributed by atoms with Crippen LogP contribution in [0, 0.1) is 0 Å². The highest BCUT2D eigenvalue weighted by Gasteiger charge is 2.30. The SMILES string of the molecule is OCCN(CCO)c1ccc(C(F)(F)F)cc1. The molecule has 96 valence electrons. The summed E-state index contributed by atoms with van der Waals surface area (Å²) in [5.41, 5.74) is -0.171. The molecule has 2 N–H and O–H groups in total. The van der Waals surface area contributed by atoms with Crippen LogP contribution in [0.5, 0.6) is 0 Å². The molecule has 17 heavy (non-hydrogen) atoms. The third-order valence-electron chi connectivity index (χ3n) is 2.30. The van der Waals surface area contributed by atoms with Gasteiger partial charge in [0.2, 0.25) is 0 Å². The van der Waals surface area contributed by atoms with Crippen LogP contribution in [0.15, 0.2) is 24.3 Å². The van der Waals surface area contributed by atoms with E-state index < -0.39 is 11.7 Å². The van der Waals surface area contributed by atoms with Gasteiger partial charge in [0.25, 0.3) is 0 Å². The number of aliphatic hydroxyl groups excluding tert-OH is 2. The van der Waals surface area contributed by atoms with Gasteiger partial charge in [-0.25, -0.2) is 0 Å². The van der Waals surface area contributed by atoms with Crippen LogP contribution in [-0.4, -0.2) is 36.5 Å². The summed E-state index contributed by atoms with van der Waals surface area (Å²) in [6, 6.07) is 4.62. The molecule has 0 saturated carbocycles. The number of rotatable bonds is 5. The molecule has 0 aliphatic carbocycles. The van der Waals surface area contributed by atoms with Crippen molar-refractivity contribution >= 4 is 5.69 Å². The van der Waals surface area contributed by atoms with Gasteiger partial charge >= 0.3 is 6.18 Å². The molecule has 0 aromatic heterocycles. The van der Waals surface area contributed by atoms with E-state index in [1.807, 2.05) is 0 Å². The van der Waals surface area contributed by atoms with Gasteiger partial charge in [-0.15, -0.1) is 0 Å². The summed E-state index contributed by atoms with van der Waals surface area (Å²) < 4.78 is 37.0. The Morgan fingerprint density at radius 3 is 1.76 bits per heavy atom. The number of benzene rings is 1. The van der Waals surface area contributed by atoms with Crippen LogP contribution in [0.4, 0.5) is 18.9 Å². The molecule has 0 unspecified atom stereocenters. The molecular formula is C11H14F3NO2. The van der Waals surface area contributed by atoms with Crippen LogP contribution in [0.3, 0.4) is 0 Å². The van der Waals surface area contributed by atoms with Crippen LogP contribution < -0.4 is 4.90 Å². The molecule has 0 saturated heterocycles. The van der Waals surface area contributed by atoms with Crippen LogP contribution in [0.1, 0.15) is 5.56 Å². The molecule has 0 atom stereocenters. The van der Waals surface area contributed by atoms with Crippen molar-refractivity contribution in [3.63, 3.8) is 0 Å². The summed E-state index contributed by atoms with van der Waals surface area (Å²) in [5.74, 6) is 0. The number of halogens is 3. The summed E-state index contributed by atoms with van der Waals surface area (Å²) in [7, 11) is 0. The van der Waals surface area contributed by atoms with Gasteiger partial charge in [-0.05, 0) is 24.3 Å². The monoisotopic (exact) mass is 249 g/mol. The Labute approximate surface area is 97.1 Å². The molecule has 0 spiro atoms. The predicted octanol–water partition coefficient (Wildman–Crippen LogP) is 1.50. The van der Waals surface area contributed by atoms with Crippen molar-refractivity contribution in [1.82, 2.24) is 0 Å². The first kappa shape index (κ1) is 13.8. The van der Waals surface area contributed by atoms with Crippen molar-refractivity contribution < 1.29 is 23.4 Å². The van der Waals surface area contributed by atoms with Crippen molar-refractivity contribution in [3.05, 3.63) is 29.8 Å². The number of anilines is 1. The predicted molar refractivity (Wildman–Crippen MR) is 57.8 cm³/mol. The van der Waals surface area contributed by atoms with Crippen LogP contribution >= 0.6 is 0 Å². The lowest BCUT2D eigenvalue weighted by Crippen LogP contribution is -2.29. The quantitative estimate of drug-likeness (QED) is 0.831. The normalized spacial score (nSPS) is 11.6. The van der Waals surface area contributed by atoms with E-state index in [4.69, 9.17) is 10.2 Å². The van der Waals surface area contributed by atoms with Gasteiger partial charge in [-0.3, -0.25) is 0 Å². The molecule has 0 amide bonds. The maximum Gasteiger partial charge on any atom is 0.416 e. The van der Waals surface area contributed by atoms with E-state index in [0.717, 1.165) is 12.1 Å². The smallest absolute Gasteiger partial charge is 0.395 e. The zero-order valence-corrected chi connectivity index (χ0v) is 9.11. The van der Waals surface area contributed by atoms with Gasteiger partial charge in [-0.1, -0.05) is 0 Å². The fourth-order valence-corrected chi connectivity index (χ4v) is 1.47. The zero-order valence-electron chi connectivity index (χ0n) is 9.11. The van der Waals surface area contributed by atoms with E-state index in [2.05, 4.69) is 0 Å². The molecule has 0 bridgehead atoms. The van der Waals surface area contributed by atoms with Gasteiger partial charge in [0.1, 0.15) is 0 Å². The van der Waals surface area contributed by atoms with Crippen molar-refractivity contribution in [2.24, 2.45) is 0 Å². The first-order valence-electron chi connectivity index (χ1n) is 5.13. The molecule has 0 aliphatic heterocycles. The minimum Gasteiger partial charge on any atom is -0.395 e. The Balaban J connectivity index is 2.84. The lowest BCUT2D eigenvalue weighted by Gasteiger charge is -2.23. The molecule has 6 heteroatoms. The maximum absolute atomic E-state index is 12.3. The van der Waals surface area contributed by atoms with Gasteiger partial charge in [0.15, 0.2) is 0 Å². The third-order valence-corrected chi connectivity index (χ3v) is 2.30. The fourth-order valence-electron chi connectivity index (χ4n) is 1.47. The number of nitrogens with zero attached hydrogens (tertiary/aromatic N) is 1. The van der Waals surface area contributed by atoms with E-state index in [1.165, 1.54) is 12.1 Å². The molecule has 3 nitrogen and oxygen atoms in total. The summed E-state index contributed by atoms with van der Waals surface area (Å²) in [6.45, 7) is 0.292. The minimum atomic E-state index is -4.35. The van der Waals surface area contributed by atoms with Crippen molar-refractivity contribution in [3.8, 4) is 0 Å². The molecule has 0 heterocycles. The summed E-state index contributed by atoms with van der Waals surface area (Å²) in [4.78, 5) is 1.61. The highest BCUT2D eigenvalue weighted by atomic mass is 19.4. The Bertz CT molecular complexity index is 332. The number of hydrogen-bond donors (Lipinski definition) is 2. The van der Waals surface area contributed by atoms with Crippen molar-refractivity contribution in [2.75, 3.05) is 31.2 Å². The summed E-state index contributed by atoms with van der Waals surface area (Å²) in [6.07, 6.45) is -4.35. The van der Waals surface area contributed by atoms with Gasteiger partial charge < -0.3 is 15.1 Å². The first-order valence-corrected chi connectivity index (χ1v) is 5.13. The lowest BCUT2D eigenvalue weighted by atomic mass is 10.2. The number of alkyl halides is 3. The summed E-state index contributed by atoms with van der Waals surface area (Å²) >= 11 is 0. The standard InChI is InChI=1S/C11H14F3NO2/c12-11(13,14)9-1-3-10(4-2-9)15(5-7-16)6-8-17/h1-4,16-17H,5-8H2. The molecule has 0 radical (unpaired) electrons. The molecule has 1 rings (SSSR count). The molecule has 0 aliphatic rings. The molecular weight excluding hydrogens is 235 g/mol. The van der Waals surface area contributed by atoms with Crippen LogP contribution in [0.2, 0.25) is 0 Å². The second-order valence-electron chi connectivity index (χ2n) is 3.48. The minimum absolute atomic E-state index is 0.124. The Morgan fingerprint density at radius 1 is 0.941 bits per heavy atom. The van der Waals surface area contributed by atoms with E-state index in [1.54, 1.807) is 4.90 Å². The lowest BCUT2D eigenvalue weighted by molar-refractivity contribution is -0.137. The van der Waals surface area contributed by atoms with Crippen molar-refractivity contribution in [2.45, 2.75) is 6.18 Å². The fraction of sp³-hybridized carbons (Fsp3) is 0.455. The Hall–Kier alpha value is -1.27. The second-order valence-corrected chi connectivity index (χ2v) is 3.48. The van der Waals surface area contributed by atoms with Gasteiger partial charge in [0.05, 0.1) is 18.8 Å². The zero-order chi connectivity index (χ0) is 12.9. The first-order chi connectivity index (χ1) is 7.99. The van der Waals surface area contributed by atoms with Crippen LogP contribution in [0.25, 0.3) is 0 Å². The second kappa shape index (κ2) is 5.88. The van der Waals surface area contributed by atoms with E-state index in [9.17, 15) is 13.2 Å². The maximum atomic E-state index is 12.3. The highest BCUT2D eigenvalue weighted by molar-refractivity contribution is 5.48. The largest absolute Gasteiger partial charge is 0.416 e.